The first-order valence-electron chi connectivity index (χ1n) is 6.31. The number of benzene rings is 1. The first-order chi connectivity index (χ1) is 10.3. The third-order valence-electron chi connectivity index (χ3n) is 3.05. The summed E-state index contributed by atoms with van der Waals surface area (Å²) < 4.78 is 0. The third kappa shape index (κ3) is 3.11. The Morgan fingerprint density at radius 3 is 2.24 bits per heavy atom. The quantitative estimate of drug-likeness (QED) is 0.682. The fraction of sp³-hybridized carbons (Fsp3) is 0.0625. The molecular formula is C16H11ClN2S2. The molecule has 0 amide bonds. The van der Waals surface area contributed by atoms with Crippen molar-refractivity contribution in [3.8, 4) is 6.07 Å². The van der Waals surface area contributed by atoms with Crippen LogP contribution in [0, 0.1) is 11.3 Å². The van der Waals surface area contributed by atoms with E-state index in [4.69, 9.17) is 16.9 Å². The highest BCUT2D eigenvalue weighted by molar-refractivity contribution is 7.11. The fourth-order valence-electron chi connectivity index (χ4n) is 2.06. The van der Waals surface area contributed by atoms with Crippen LogP contribution in [0.5, 0.6) is 0 Å². The lowest BCUT2D eigenvalue weighted by molar-refractivity contribution is 0.993. The van der Waals surface area contributed by atoms with Gasteiger partial charge in [-0.05, 0) is 41.1 Å². The molecular weight excluding hydrogens is 320 g/mol. The summed E-state index contributed by atoms with van der Waals surface area (Å²) in [6.45, 7) is 0. The minimum Gasteiger partial charge on any atom is -0.373 e. The van der Waals surface area contributed by atoms with Crippen LogP contribution in [0.4, 0.5) is 5.69 Å². The summed E-state index contributed by atoms with van der Waals surface area (Å²) in [7, 11) is 0. The van der Waals surface area contributed by atoms with Crippen molar-refractivity contribution in [1.82, 2.24) is 0 Å². The number of hydrogen-bond donors (Lipinski definition) is 1. The zero-order valence-electron chi connectivity index (χ0n) is 10.9. The molecule has 0 radical (unpaired) electrons. The average molecular weight is 331 g/mol. The van der Waals surface area contributed by atoms with E-state index in [1.807, 2.05) is 18.2 Å². The largest absolute Gasteiger partial charge is 0.373 e. The Bertz CT molecular complexity index is 724. The molecule has 0 atom stereocenters. The van der Waals surface area contributed by atoms with Gasteiger partial charge in [0.2, 0.25) is 0 Å². The Morgan fingerprint density at radius 2 is 1.71 bits per heavy atom. The number of nitrogens with one attached hydrogen (secondary N) is 1. The highest BCUT2D eigenvalue weighted by Gasteiger charge is 2.16. The van der Waals surface area contributed by atoms with E-state index in [9.17, 15) is 0 Å². The maximum absolute atomic E-state index is 9.09. The van der Waals surface area contributed by atoms with Crippen molar-refractivity contribution in [2.24, 2.45) is 0 Å². The molecule has 1 N–H and O–H groups in total. The van der Waals surface area contributed by atoms with Gasteiger partial charge in [0, 0.05) is 15.4 Å². The molecule has 5 heteroatoms. The van der Waals surface area contributed by atoms with E-state index < -0.39 is 0 Å². The Hall–Kier alpha value is -1.80. The normalized spacial score (nSPS) is 10.5. The van der Waals surface area contributed by atoms with Crippen molar-refractivity contribution in [2.75, 3.05) is 5.32 Å². The zero-order valence-corrected chi connectivity index (χ0v) is 13.3. The molecule has 2 aromatic heterocycles. The molecule has 0 aliphatic rings. The molecule has 3 aromatic rings. The van der Waals surface area contributed by atoms with Crippen molar-refractivity contribution in [3.05, 3.63) is 73.6 Å². The first-order valence-corrected chi connectivity index (χ1v) is 8.44. The smallest absolute Gasteiger partial charge is 0.101 e. The van der Waals surface area contributed by atoms with Gasteiger partial charge in [-0.2, -0.15) is 5.26 Å². The van der Waals surface area contributed by atoms with Crippen LogP contribution in [0.2, 0.25) is 5.02 Å². The number of halogens is 1. The van der Waals surface area contributed by atoms with Crippen molar-refractivity contribution in [2.45, 2.75) is 6.04 Å². The van der Waals surface area contributed by atoms with Gasteiger partial charge in [0.25, 0.3) is 0 Å². The molecule has 0 saturated carbocycles. The van der Waals surface area contributed by atoms with Crippen molar-refractivity contribution >= 4 is 40.0 Å². The summed E-state index contributed by atoms with van der Waals surface area (Å²) in [6, 6.07) is 16.0. The molecule has 2 nitrogen and oxygen atoms in total. The summed E-state index contributed by atoms with van der Waals surface area (Å²) in [5.41, 5.74) is 1.38. The van der Waals surface area contributed by atoms with Crippen LogP contribution in [-0.2, 0) is 0 Å². The number of hydrogen-bond acceptors (Lipinski definition) is 4. The number of nitriles is 1. The number of anilines is 1. The molecule has 0 aliphatic carbocycles. The summed E-state index contributed by atoms with van der Waals surface area (Å²) in [4.78, 5) is 2.48. The molecule has 3 rings (SSSR count). The summed E-state index contributed by atoms with van der Waals surface area (Å²) >= 11 is 9.42. The predicted octanol–water partition coefficient (Wildman–Crippen LogP) is 5.54. The van der Waals surface area contributed by atoms with Gasteiger partial charge in [-0.3, -0.25) is 0 Å². The topological polar surface area (TPSA) is 35.8 Å². The van der Waals surface area contributed by atoms with E-state index in [-0.39, 0.29) is 6.04 Å². The van der Waals surface area contributed by atoms with Gasteiger partial charge in [0.1, 0.15) is 6.07 Å². The van der Waals surface area contributed by atoms with E-state index in [2.05, 4.69) is 34.3 Å². The highest BCUT2D eigenvalue weighted by atomic mass is 35.5. The second-order valence-corrected chi connectivity index (χ2v) is 6.78. The first kappa shape index (κ1) is 14.2. The van der Waals surface area contributed by atoms with Gasteiger partial charge in [0.15, 0.2) is 0 Å². The van der Waals surface area contributed by atoms with Gasteiger partial charge in [-0.15, -0.1) is 22.7 Å². The molecule has 21 heavy (non-hydrogen) atoms. The molecule has 0 bridgehead atoms. The standard InChI is InChI=1S/C16H11ClN2S2/c17-13-6-5-12(9-11(13)10-18)19-16(14-3-1-7-20-14)15-4-2-8-21-15/h1-9,16,19H. The maximum Gasteiger partial charge on any atom is 0.101 e. The Kier molecular flexibility index (Phi) is 4.26. The SMILES string of the molecule is N#Cc1cc(NC(c2cccs2)c2cccs2)ccc1Cl. The second kappa shape index (κ2) is 6.31. The van der Waals surface area contributed by atoms with Gasteiger partial charge < -0.3 is 5.32 Å². The van der Waals surface area contributed by atoms with Crippen molar-refractivity contribution in [1.29, 1.82) is 5.26 Å². The predicted molar refractivity (Wildman–Crippen MR) is 90.3 cm³/mol. The fourth-order valence-corrected chi connectivity index (χ4v) is 3.88. The molecule has 2 heterocycles. The zero-order chi connectivity index (χ0) is 14.7. The van der Waals surface area contributed by atoms with Crippen molar-refractivity contribution in [3.63, 3.8) is 0 Å². The minimum atomic E-state index is 0.0951. The van der Waals surface area contributed by atoms with Crippen molar-refractivity contribution < 1.29 is 0 Å². The molecule has 0 unspecified atom stereocenters. The van der Waals surface area contributed by atoms with E-state index in [0.717, 1.165) is 5.69 Å². The highest BCUT2D eigenvalue weighted by Crippen LogP contribution is 2.33. The second-order valence-electron chi connectivity index (χ2n) is 4.41. The lowest BCUT2D eigenvalue weighted by Crippen LogP contribution is -2.09. The van der Waals surface area contributed by atoms with E-state index in [1.54, 1.807) is 34.8 Å². The van der Waals surface area contributed by atoms with Crippen LogP contribution in [0.15, 0.2) is 53.2 Å². The maximum atomic E-state index is 9.09. The van der Waals surface area contributed by atoms with E-state index >= 15 is 0 Å². The minimum absolute atomic E-state index is 0.0951. The summed E-state index contributed by atoms with van der Waals surface area (Å²) in [6.07, 6.45) is 0. The average Bonchev–Trinajstić information content (AvgIpc) is 3.20. The Morgan fingerprint density at radius 1 is 1.05 bits per heavy atom. The lowest BCUT2D eigenvalue weighted by atomic mass is 10.1. The molecule has 0 spiro atoms. The molecule has 0 aliphatic heterocycles. The number of nitrogens with zero attached hydrogens (tertiary/aromatic N) is 1. The molecule has 104 valence electrons. The molecule has 0 saturated heterocycles. The van der Waals surface area contributed by atoms with Crippen LogP contribution in [0.25, 0.3) is 0 Å². The van der Waals surface area contributed by atoms with Crippen LogP contribution in [0.1, 0.15) is 21.4 Å². The summed E-state index contributed by atoms with van der Waals surface area (Å²) in [5, 5.41) is 17.2. The van der Waals surface area contributed by atoms with Crippen LogP contribution in [-0.4, -0.2) is 0 Å². The lowest BCUT2D eigenvalue weighted by Gasteiger charge is -2.18. The van der Waals surface area contributed by atoms with Gasteiger partial charge in [-0.25, -0.2) is 0 Å². The monoisotopic (exact) mass is 330 g/mol. The van der Waals surface area contributed by atoms with E-state index in [1.165, 1.54) is 9.75 Å². The molecule has 1 aromatic carbocycles. The van der Waals surface area contributed by atoms with Crippen LogP contribution < -0.4 is 5.32 Å². The molecule has 0 fully saturated rings. The number of rotatable bonds is 4. The van der Waals surface area contributed by atoms with Gasteiger partial charge in [-0.1, -0.05) is 23.7 Å². The number of thiophene rings is 2. The van der Waals surface area contributed by atoms with E-state index in [0.29, 0.717) is 10.6 Å². The Labute approximate surface area is 136 Å². The van der Waals surface area contributed by atoms with Gasteiger partial charge in [0.05, 0.1) is 16.6 Å². The summed E-state index contributed by atoms with van der Waals surface area (Å²) in [5.74, 6) is 0. The van der Waals surface area contributed by atoms with Crippen LogP contribution in [0.3, 0.4) is 0 Å². The van der Waals surface area contributed by atoms with Crippen LogP contribution >= 0.6 is 34.3 Å². The van der Waals surface area contributed by atoms with Gasteiger partial charge >= 0.3 is 0 Å². The third-order valence-corrected chi connectivity index (χ3v) is 5.26. The Balaban J connectivity index is 1.94.